The minimum absolute atomic E-state index is 0.197. The summed E-state index contributed by atoms with van der Waals surface area (Å²) in [4.78, 5) is 28.4. The van der Waals surface area contributed by atoms with Gasteiger partial charge in [0.15, 0.2) is 0 Å². The molecule has 7 nitrogen and oxygen atoms in total. The van der Waals surface area contributed by atoms with Crippen LogP contribution in [0.5, 0.6) is 0 Å². The molecule has 0 aromatic rings. The number of nitrogens with two attached hydrogens (primary N) is 1. The molecule has 0 spiro atoms. The quantitative estimate of drug-likeness (QED) is 0.735. The van der Waals surface area contributed by atoms with Crippen molar-refractivity contribution in [2.45, 2.75) is 32.8 Å². The van der Waals surface area contributed by atoms with E-state index in [0.717, 1.165) is 0 Å². The Labute approximate surface area is 118 Å². The monoisotopic (exact) mass is 283 g/mol. The number of carboxylic acid groups (broad SMARTS) is 1. The van der Waals surface area contributed by atoms with E-state index in [2.05, 4.69) is 4.99 Å². The van der Waals surface area contributed by atoms with Crippen molar-refractivity contribution < 1.29 is 19.4 Å². The molecule has 0 saturated carbocycles. The second kappa shape index (κ2) is 6.40. The van der Waals surface area contributed by atoms with E-state index < -0.39 is 17.7 Å². The number of hydrogen-bond acceptors (Lipinski definition) is 5. The zero-order chi connectivity index (χ0) is 15.3. The van der Waals surface area contributed by atoms with Crippen LogP contribution in [-0.2, 0) is 9.53 Å². The predicted octanol–water partition coefficient (Wildman–Crippen LogP) is 0.995. The first-order valence-corrected chi connectivity index (χ1v) is 6.41. The van der Waals surface area contributed by atoms with E-state index in [9.17, 15) is 9.59 Å². The van der Waals surface area contributed by atoms with Gasteiger partial charge in [-0.15, -0.1) is 0 Å². The first kappa shape index (κ1) is 16.0. The predicted molar refractivity (Wildman–Crippen MR) is 74.6 cm³/mol. The van der Waals surface area contributed by atoms with Crippen LogP contribution in [0.4, 0.5) is 4.79 Å². The molecule has 0 saturated heterocycles. The Morgan fingerprint density at radius 1 is 1.45 bits per heavy atom. The van der Waals surface area contributed by atoms with Crippen LogP contribution in [0.3, 0.4) is 0 Å². The highest BCUT2D eigenvalue weighted by molar-refractivity contribution is 6.03. The molecule has 0 aromatic carbocycles. The topological polar surface area (TPSA) is 105 Å². The minimum atomic E-state index is -1.21. The van der Waals surface area contributed by atoms with Crippen LogP contribution >= 0.6 is 0 Å². The van der Waals surface area contributed by atoms with Gasteiger partial charge < -0.3 is 20.5 Å². The van der Waals surface area contributed by atoms with E-state index in [4.69, 9.17) is 15.6 Å². The maximum absolute atomic E-state index is 12.0. The SMILES string of the molecule is CC(C)(C)OC(=O)N1CCCN=C(/C=C(\N)C(=O)O)C1. The molecule has 1 aliphatic rings. The molecule has 0 atom stereocenters. The molecule has 20 heavy (non-hydrogen) atoms. The molecule has 3 N–H and O–H groups in total. The summed E-state index contributed by atoms with van der Waals surface area (Å²) >= 11 is 0. The van der Waals surface area contributed by atoms with Gasteiger partial charge in [0.2, 0.25) is 0 Å². The molecule has 7 heteroatoms. The summed E-state index contributed by atoms with van der Waals surface area (Å²) in [6.07, 6.45) is 1.54. The van der Waals surface area contributed by atoms with Crippen LogP contribution in [0, 0.1) is 0 Å². The van der Waals surface area contributed by atoms with Crippen molar-refractivity contribution in [1.82, 2.24) is 4.90 Å². The standard InChI is InChI=1S/C13H21N3O4/c1-13(2,3)20-12(19)16-6-4-5-15-9(8-16)7-10(14)11(17)18/h7H,4-6,8,14H2,1-3H3,(H,17,18)/b10-7-. The van der Waals surface area contributed by atoms with Gasteiger partial charge in [-0.05, 0) is 33.3 Å². The fraction of sp³-hybridized carbons (Fsp3) is 0.615. The van der Waals surface area contributed by atoms with Gasteiger partial charge in [0.25, 0.3) is 0 Å². The highest BCUT2D eigenvalue weighted by Gasteiger charge is 2.24. The van der Waals surface area contributed by atoms with E-state index in [1.807, 2.05) is 0 Å². The molecule has 0 aromatic heterocycles. The number of amides is 1. The Hall–Kier alpha value is -2.05. The zero-order valence-corrected chi connectivity index (χ0v) is 12.0. The molecule has 0 radical (unpaired) electrons. The van der Waals surface area contributed by atoms with Crippen molar-refractivity contribution in [2.75, 3.05) is 19.6 Å². The number of carbonyl (C=O) groups excluding carboxylic acids is 1. The van der Waals surface area contributed by atoms with E-state index in [0.29, 0.717) is 25.2 Å². The first-order chi connectivity index (χ1) is 9.19. The van der Waals surface area contributed by atoms with E-state index in [1.54, 1.807) is 20.8 Å². The summed E-state index contributed by atoms with van der Waals surface area (Å²) in [5, 5.41) is 8.76. The Morgan fingerprint density at radius 3 is 2.65 bits per heavy atom. The van der Waals surface area contributed by atoms with Crippen molar-refractivity contribution in [1.29, 1.82) is 0 Å². The molecule has 0 unspecified atom stereocenters. The third kappa shape index (κ3) is 5.29. The van der Waals surface area contributed by atoms with Gasteiger partial charge in [-0.1, -0.05) is 0 Å². The molecule has 1 heterocycles. The normalized spacial score (nSPS) is 17.2. The minimum Gasteiger partial charge on any atom is -0.477 e. The fourth-order valence-corrected chi connectivity index (χ4v) is 1.62. The second-order valence-corrected chi connectivity index (χ2v) is 5.53. The number of carboxylic acids is 1. The van der Waals surface area contributed by atoms with Gasteiger partial charge >= 0.3 is 12.1 Å². The molecule has 112 valence electrons. The summed E-state index contributed by atoms with van der Waals surface area (Å²) in [6.45, 7) is 6.61. The third-order valence-electron chi connectivity index (χ3n) is 2.47. The number of aliphatic carboxylic acids is 1. The van der Waals surface area contributed by atoms with Crippen LogP contribution in [-0.4, -0.2) is 53.0 Å². The van der Waals surface area contributed by atoms with Crippen LogP contribution in [0.25, 0.3) is 0 Å². The maximum Gasteiger partial charge on any atom is 0.410 e. The third-order valence-corrected chi connectivity index (χ3v) is 2.47. The molecule has 1 rings (SSSR count). The summed E-state index contributed by atoms with van der Waals surface area (Å²) < 4.78 is 5.30. The molecule has 1 amide bonds. The summed E-state index contributed by atoms with van der Waals surface area (Å²) in [7, 11) is 0. The molecule has 0 aliphatic carbocycles. The molecular formula is C13H21N3O4. The van der Waals surface area contributed by atoms with E-state index >= 15 is 0 Å². The summed E-state index contributed by atoms with van der Waals surface area (Å²) in [5.41, 5.74) is 4.96. The molecule has 0 bridgehead atoms. The highest BCUT2D eigenvalue weighted by Crippen LogP contribution is 2.12. The highest BCUT2D eigenvalue weighted by atomic mass is 16.6. The first-order valence-electron chi connectivity index (χ1n) is 6.41. The van der Waals surface area contributed by atoms with Crippen molar-refractivity contribution in [3.63, 3.8) is 0 Å². The lowest BCUT2D eigenvalue weighted by Crippen LogP contribution is -2.39. The van der Waals surface area contributed by atoms with Gasteiger partial charge in [-0.3, -0.25) is 4.99 Å². The van der Waals surface area contributed by atoms with Crippen LogP contribution in [0.1, 0.15) is 27.2 Å². The summed E-state index contributed by atoms with van der Waals surface area (Å²) in [6, 6.07) is 0. The van der Waals surface area contributed by atoms with Gasteiger partial charge in [-0.2, -0.15) is 0 Å². The molecule has 0 fully saturated rings. The van der Waals surface area contributed by atoms with Crippen LogP contribution in [0.15, 0.2) is 16.8 Å². The van der Waals surface area contributed by atoms with Crippen LogP contribution in [0.2, 0.25) is 0 Å². The van der Waals surface area contributed by atoms with Crippen molar-refractivity contribution >= 4 is 17.8 Å². The number of aliphatic imine (C=N–C) groups is 1. The Bertz CT molecular complexity index is 449. The zero-order valence-electron chi connectivity index (χ0n) is 12.0. The number of hydrogen-bond donors (Lipinski definition) is 2. The number of rotatable bonds is 2. The molecular weight excluding hydrogens is 262 g/mol. The number of carbonyl (C=O) groups is 2. The molecule has 1 aliphatic heterocycles. The van der Waals surface area contributed by atoms with Gasteiger partial charge in [0, 0.05) is 13.1 Å². The second-order valence-electron chi connectivity index (χ2n) is 5.53. The average Bonchev–Trinajstić information content (AvgIpc) is 2.52. The lowest BCUT2D eigenvalue weighted by atomic mass is 10.2. The van der Waals surface area contributed by atoms with Crippen molar-refractivity contribution in [3.05, 3.63) is 11.8 Å². The van der Waals surface area contributed by atoms with E-state index in [-0.39, 0.29) is 12.2 Å². The van der Waals surface area contributed by atoms with Crippen LogP contribution < -0.4 is 5.73 Å². The van der Waals surface area contributed by atoms with Crippen molar-refractivity contribution in [3.8, 4) is 0 Å². The van der Waals surface area contributed by atoms with Gasteiger partial charge in [0.1, 0.15) is 11.3 Å². The Morgan fingerprint density at radius 2 is 2.10 bits per heavy atom. The fourth-order valence-electron chi connectivity index (χ4n) is 1.62. The summed E-state index contributed by atoms with van der Waals surface area (Å²) in [5.74, 6) is -1.21. The van der Waals surface area contributed by atoms with Gasteiger partial charge in [-0.25, -0.2) is 9.59 Å². The number of nitrogens with zero attached hydrogens (tertiary/aromatic N) is 2. The van der Waals surface area contributed by atoms with E-state index in [1.165, 1.54) is 11.0 Å². The van der Waals surface area contributed by atoms with Crippen molar-refractivity contribution in [2.24, 2.45) is 10.7 Å². The Balaban J connectivity index is 2.78. The largest absolute Gasteiger partial charge is 0.477 e. The number of ether oxygens (including phenoxy) is 1. The lowest BCUT2D eigenvalue weighted by molar-refractivity contribution is -0.132. The maximum atomic E-state index is 12.0. The lowest BCUT2D eigenvalue weighted by Gasteiger charge is -2.26. The van der Waals surface area contributed by atoms with Gasteiger partial charge in [0.05, 0.1) is 12.3 Å². The smallest absolute Gasteiger partial charge is 0.410 e. The Kier molecular flexibility index (Phi) is 5.12. The average molecular weight is 283 g/mol.